The molecule has 0 amide bonds. The first-order valence-corrected chi connectivity index (χ1v) is 5.12. The van der Waals surface area contributed by atoms with Crippen LogP contribution in [0.3, 0.4) is 0 Å². The van der Waals surface area contributed by atoms with E-state index in [0.29, 0.717) is 19.3 Å². The Morgan fingerprint density at radius 1 is 1.23 bits per heavy atom. The van der Waals surface area contributed by atoms with Gasteiger partial charge in [0.1, 0.15) is 0 Å². The molecule has 0 unspecified atom stereocenters. The second-order valence-electron chi connectivity index (χ2n) is 2.45. The van der Waals surface area contributed by atoms with Crippen molar-refractivity contribution in [2.45, 2.75) is 25.7 Å². The molecule has 0 heterocycles. The van der Waals surface area contributed by atoms with Gasteiger partial charge in [-0.25, -0.2) is 4.18 Å². The van der Waals surface area contributed by atoms with Crippen molar-refractivity contribution in [2.75, 3.05) is 6.61 Å². The zero-order chi connectivity index (χ0) is 10.3. The van der Waals surface area contributed by atoms with E-state index >= 15 is 0 Å². The number of carboxylic acids is 1. The Balaban J connectivity index is 3.23. The van der Waals surface area contributed by atoms with E-state index in [9.17, 15) is 13.2 Å². The number of aliphatic carboxylic acids is 1. The van der Waals surface area contributed by atoms with Crippen molar-refractivity contribution in [3.05, 3.63) is 0 Å². The van der Waals surface area contributed by atoms with Crippen LogP contribution in [-0.4, -0.2) is 30.7 Å². The van der Waals surface area contributed by atoms with Gasteiger partial charge in [-0.1, -0.05) is 6.42 Å². The van der Waals surface area contributed by atoms with Crippen LogP contribution in [-0.2, 0) is 19.4 Å². The average Bonchev–Trinajstić information content (AvgIpc) is 1.93. The third-order valence-corrected chi connectivity index (χ3v) is 1.73. The highest BCUT2D eigenvalue weighted by molar-refractivity contribution is 7.80. The molecule has 0 rings (SSSR count). The fourth-order valence-electron chi connectivity index (χ4n) is 0.719. The topological polar surface area (TPSA) is 101 Å². The Morgan fingerprint density at radius 3 is 2.31 bits per heavy atom. The molecule has 0 saturated carbocycles. The monoisotopic (exact) mass is 212 g/mol. The van der Waals surface area contributed by atoms with E-state index in [1.807, 2.05) is 0 Å². The second-order valence-corrected chi connectivity index (χ2v) is 3.55. The van der Waals surface area contributed by atoms with Crippen molar-refractivity contribution in [1.82, 2.24) is 0 Å². The van der Waals surface area contributed by atoms with Gasteiger partial charge in [0.25, 0.3) is 0 Å². The lowest BCUT2D eigenvalue weighted by molar-refractivity contribution is -0.137. The van der Waals surface area contributed by atoms with E-state index in [4.69, 9.17) is 9.66 Å². The molecule has 13 heavy (non-hydrogen) atoms. The summed E-state index contributed by atoms with van der Waals surface area (Å²) in [7, 11) is -4.34. The Bertz CT molecular complexity index is 244. The molecule has 0 spiro atoms. The standard InChI is InChI=1S/C6H12O6S/c7-6(8)4-2-1-3-5-12-13(9,10)11/h1-5H2,(H,7,8)(H,9,10,11). The molecule has 2 N–H and O–H groups in total. The highest BCUT2D eigenvalue weighted by atomic mass is 32.3. The van der Waals surface area contributed by atoms with E-state index in [2.05, 4.69) is 4.18 Å². The van der Waals surface area contributed by atoms with Crippen LogP contribution in [0.2, 0.25) is 0 Å². The molecule has 0 aromatic heterocycles. The molecule has 0 aliphatic heterocycles. The highest BCUT2D eigenvalue weighted by Crippen LogP contribution is 2.00. The minimum atomic E-state index is -4.34. The van der Waals surface area contributed by atoms with E-state index in [1.165, 1.54) is 0 Å². The lowest BCUT2D eigenvalue weighted by atomic mass is 10.2. The quantitative estimate of drug-likeness (QED) is 0.469. The van der Waals surface area contributed by atoms with Gasteiger partial charge >= 0.3 is 16.4 Å². The number of rotatable bonds is 7. The molecule has 0 aromatic carbocycles. The summed E-state index contributed by atoms with van der Waals surface area (Å²) < 4.78 is 32.2. The summed E-state index contributed by atoms with van der Waals surface area (Å²) in [6, 6.07) is 0. The summed E-state index contributed by atoms with van der Waals surface area (Å²) in [4.78, 5) is 10.0. The Morgan fingerprint density at radius 2 is 1.85 bits per heavy atom. The van der Waals surface area contributed by atoms with Crippen LogP contribution in [0, 0.1) is 0 Å². The lowest BCUT2D eigenvalue weighted by Crippen LogP contribution is -2.04. The maximum absolute atomic E-state index is 10.0. The van der Waals surface area contributed by atoms with Crippen molar-refractivity contribution in [3.8, 4) is 0 Å². The second kappa shape index (κ2) is 5.90. The van der Waals surface area contributed by atoms with Crippen molar-refractivity contribution in [2.24, 2.45) is 0 Å². The molecule has 0 radical (unpaired) electrons. The summed E-state index contributed by atoms with van der Waals surface area (Å²) in [6.07, 6.45) is 1.50. The van der Waals surface area contributed by atoms with Gasteiger partial charge in [-0.05, 0) is 12.8 Å². The summed E-state index contributed by atoms with van der Waals surface area (Å²) in [5, 5.41) is 8.23. The van der Waals surface area contributed by atoms with Crippen LogP contribution in [0.15, 0.2) is 0 Å². The first kappa shape index (κ1) is 12.3. The molecule has 78 valence electrons. The third-order valence-electron chi connectivity index (χ3n) is 1.27. The van der Waals surface area contributed by atoms with Crippen LogP contribution in [0.5, 0.6) is 0 Å². The molecular weight excluding hydrogens is 200 g/mol. The first-order valence-electron chi connectivity index (χ1n) is 3.75. The largest absolute Gasteiger partial charge is 0.481 e. The maximum Gasteiger partial charge on any atom is 0.397 e. The van der Waals surface area contributed by atoms with Gasteiger partial charge in [-0.2, -0.15) is 8.42 Å². The summed E-state index contributed by atoms with van der Waals surface area (Å²) >= 11 is 0. The van der Waals surface area contributed by atoms with Crippen molar-refractivity contribution < 1.29 is 27.1 Å². The third kappa shape index (κ3) is 11.3. The van der Waals surface area contributed by atoms with E-state index in [-0.39, 0.29) is 13.0 Å². The number of carboxylic acid groups (broad SMARTS) is 1. The number of carbonyl (C=O) groups is 1. The summed E-state index contributed by atoms with van der Waals surface area (Å²) in [5.41, 5.74) is 0. The maximum atomic E-state index is 10.0. The molecule has 0 aliphatic carbocycles. The summed E-state index contributed by atoms with van der Waals surface area (Å²) in [6.45, 7) is -0.113. The minimum absolute atomic E-state index is 0.0614. The zero-order valence-corrected chi connectivity index (χ0v) is 7.79. The highest BCUT2D eigenvalue weighted by Gasteiger charge is 2.03. The Hall–Kier alpha value is -0.660. The molecule has 0 saturated heterocycles. The molecule has 0 atom stereocenters. The number of unbranched alkanes of at least 4 members (excludes halogenated alkanes) is 2. The van der Waals surface area contributed by atoms with Gasteiger partial charge in [0, 0.05) is 6.42 Å². The fourth-order valence-corrected chi connectivity index (χ4v) is 1.05. The normalized spacial score (nSPS) is 11.5. The molecule has 6 nitrogen and oxygen atoms in total. The molecule has 0 bridgehead atoms. The first-order chi connectivity index (χ1) is 5.92. The SMILES string of the molecule is O=C(O)CCCCCOS(=O)(=O)O. The molecule has 7 heteroatoms. The van der Waals surface area contributed by atoms with Crippen LogP contribution < -0.4 is 0 Å². The van der Waals surface area contributed by atoms with Gasteiger partial charge in [-0.3, -0.25) is 9.35 Å². The lowest BCUT2D eigenvalue weighted by Gasteiger charge is -1.98. The van der Waals surface area contributed by atoms with Gasteiger partial charge in [0.2, 0.25) is 0 Å². The van der Waals surface area contributed by atoms with Crippen molar-refractivity contribution in [1.29, 1.82) is 0 Å². The van der Waals surface area contributed by atoms with Crippen LogP contribution in [0.4, 0.5) is 0 Å². The van der Waals surface area contributed by atoms with Gasteiger partial charge in [0.15, 0.2) is 0 Å². The van der Waals surface area contributed by atoms with Gasteiger partial charge in [-0.15, -0.1) is 0 Å². The van der Waals surface area contributed by atoms with E-state index < -0.39 is 16.4 Å². The molecular formula is C6H12O6S. The van der Waals surface area contributed by atoms with E-state index in [1.54, 1.807) is 0 Å². The van der Waals surface area contributed by atoms with Crippen molar-refractivity contribution in [3.63, 3.8) is 0 Å². The summed E-state index contributed by atoms with van der Waals surface area (Å²) in [5.74, 6) is -0.879. The number of hydrogen-bond donors (Lipinski definition) is 2. The van der Waals surface area contributed by atoms with Gasteiger partial charge in [0.05, 0.1) is 6.61 Å². The van der Waals surface area contributed by atoms with E-state index in [0.717, 1.165) is 0 Å². The predicted molar refractivity (Wildman–Crippen MR) is 43.6 cm³/mol. The Kier molecular flexibility index (Phi) is 5.60. The Labute approximate surface area is 76.5 Å². The zero-order valence-electron chi connectivity index (χ0n) is 6.97. The average molecular weight is 212 g/mol. The van der Waals surface area contributed by atoms with Crippen molar-refractivity contribution >= 4 is 16.4 Å². The molecule has 0 fully saturated rings. The molecule has 0 aromatic rings. The van der Waals surface area contributed by atoms with Crippen LogP contribution in [0.1, 0.15) is 25.7 Å². The fraction of sp³-hybridized carbons (Fsp3) is 0.833. The molecule has 0 aliphatic rings. The van der Waals surface area contributed by atoms with Gasteiger partial charge < -0.3 is 5.11 Å². The van der Waals surface area contributed by atoms with Crippen LogP contribution >= 0.6 is 0 Å². The van der Waals surface area contributed by atoms with Crippen LogP contribution in [0.25, 0.3) is 0 Å². The predicted octanol–water partition coefficient (Wildman–Crippen LogP) is 0.451. The number of hydrogen-bond acceptors (Lipinski definition) is 4. The smallest absolute Gasteiger partial charge is 0.397 e. The minimum Gasteiger partial charge on any atom is -0.481 e.